The van der Waals surface area contributed by atoms with Crippen molar-refractivity contribution in [2.45, 2.75) is 19.3 Å². The van der Waals surface area contributed by atoms with E-state index in [1.54, 1.807) is 13.1 Å². The van der Waals surface area contributed by atoms with Crippen LogP contribution in [0, 0.1) is 12.8 Å². The van der Waals surface area contributed by atoms with Gasteiger partial charge in [0.1, 0.15) is 5.82 Å². The van der Waals surface area contributed by atoms with Crippen molar-refractivity contribution >= 4 is 17.6 Å². The molecule has 1 aromatic carbocycles. The zero-order valence-corrected chi connectivity index (χ0v) is 13.9. The summed E-state index contributed by atoms with van der Waals surface area (Å²) in [4.78, 5) is 30.3. The molecule has 124 valence electrons. The zero-order valence-electron chi connectivity index (χ0n) is 13.9. The van der Waals surface area contributed by atoms with Crippen molar-refractivity contribution in [3.63, 3.8) is 0 Å². The third kappa shape index (κ3) is 3.79. The largest absolute Gasteiger partial charge is 0.336 e. The number of nitrogens with one attached hydrogen (secondary N) is 1. The summed E-state index contributed by atoms with van der Waals surface area (Å²) in [6.45, 7) is 1.90. The van der Waals surface area contributed by atoms with Gasteiger partial charge in [-0.25, -0.2) is 4.98 Å². The van der Waals surface area contributed by atoms with Crippen LogP contribution in [-0.2, 0) is 9.59 Å². The summed E-state index contributed by atoms with van der Waals surface area (Å²) in [5, 5.41) is 2.73. The number of anilines is 1. The average molecular weight is 323 g/mol. The number of carbonyl (C=O) groups excluding carboxylic acids is 2. The Labute approximate surface area is 141 Å². The molecule has 0 unspecified atom stereocenters. The van der Waals surface area contributed by atoms with Crippen LogP contribution in [0.15, 0.2) is 48.5 Å². The normalized spacial score (nSPS) is 18.8. The Kier molecular flexibility index (Phi) is 4.60. The molecule has 0 aliphatic heterocycles. The SMILES string of the molecule is Cc1cccc(NC(=O)CN(C)C(=O)[C@H]2C[C@@H]2c2ccccc2)n1. The maximum atomic E-state index is 12.5. The third-order valence-electron chi connectivity index (χ3n) is 4.25. The zero-order chi connectivity index (χ0) is 17.1. The number of benzene rings is 1. The summed E-state index contributed by atoms with van der Waals surface area (Å²) < 4.78 is 0. The van der Waals surface area contributed by atoms with Crippen LogP contribution >= 0.6 is 0 Å². The molecule has 2 aromatic rings. The maximum absolute atomic E-state index is 12.5. The molecule has 1 aromatic heterocycles. The molecule has 2 amide bonds. The van der Waals surface area contributed by atoms with Crippen molar-refractivity contribution in [1.29, 1.82) is 0 Å². The minimum atomic E-state index is -0.235. The fraction of sp³-hybridized carbons (Fsp3) is 0.316. The second-order valence-electron chi connectivity index (χ2n) is 6.27. The first-order valence-electron chi connectivity index (χ1n) is 8.08. The van der Waals surface area contributed by atoms with Gasteiger partial charge >= 0.3 is 0 Å². The molecule has 24 heavy (non-hydrogen) atoms. The molecule has 0 radical (unpaired) electrons. The molecule has 1 N–H and O–H groups in total. The number of hydrogen-bond donors (Lipinski definition) is 1. The van der Waals surface area contributed by atoms with E-state index in [4.69, 9.17) is 0 Å². The smallest absolute Gasteiger partial charge is 0.245 e. The van der Waals surface area contributed by atoms with Crippen LogP contribution < -0.4 is 5.32 Å². The van der Waals surface area contributed by atoms with E-state index in [-0.39, 0.29) is 30.2 Å². The molecule has 1 fully saturated rings. The van der Waals surface area contributed by atoms with Crippen LogP contribution in [0.1, 0.15) is 23.6 Å². The lowest BCUT2D eigenvalue weighted by Gasteiger charge is -2.17. The van der Waals surface area contributed by atoms with Crippen LogP contribution in [-0.4, -0.2) is 35.3 Å². The molecule has 1 aliphatic rings. The van der Waals surface area contributed by atoms with Gasteiger partial charge in [0.15, 0.2) is 0 Å². The number of hydrogen-bond acceptors (Lipinski definition) is 3. The van der Waals surface area contributed by atoms with Crippen LogP contribution in [0.2, 0.25) is 0 Å². The number of nitrogens with zero attached hydrogens (tertiary/aromatic N) is 2. The number of rotatable bonds is 5. The fourth-order valence-electron chi connectivity index (χ4n) is 2.91. The summed E-state index contributed by atoms with van der Waals surface area (Å²) in [7, 11) is 1.67. The van der Waals surface area contributed by atoms with Gasteiger partial charge in [0.05, 0.1) is 6.54 Å². The summed E-state index contributed by atoms with van der Waals surface area (Å²) >= 11 is 0. The predicted molar refractivity (Wildman–Crippen MR) is 92.5 cm³/mol. The summed E-state index contributed by atoms with van der Waals surface area (Å²) in [5.74, 6) is 0.566. The molecular formula is C19H21N3O2. The maximum Gasteiger partial charge on any atom is 0.245 e. The lowest BCUT2D eigenvalue weighted by molar-refractivity contribution is -0.134. The highest BCUT2D eigenvalue weighted by Crippen LogP contribution is 2.48. The van der Waals surface area contributed by atoms with E-state index in [9.17, 15) is 9.59 Å². The van der Waals surface area contributed by atoms with E-state index >= 15 is 0 Å². The Balaban J connectivity index is 1.52. The third-order valence-corrected chi connectivity index (χ3v) is 4.25. The topological polar surface area (TPSA) is 62.3 Å². The molecule has 0 spiro atoms. The van der Waals surface area contributed by atoms with Crippen LogP contribution in [0.5, 0.6) is 0 Å². The van der Waals surface area contributed by atoms with E-state index in [2.05, 4.69) is 10.3 Å². The van der Waals surface area contributed by atoms with Gasteiger partial charge in [0.2, 0.25) is 11.8 Å². The highest BCUT2D eigenvalue weighted by molar-refractivity contribution is 5.94. The van der Waals surface area contributed by atoms with Gasteiger partial charge in [-0.15, -0.1) is 0 Å². The van der Waals surface area contributed by atoms with Crippen molar-refractivity contribution in [2.75, 3.05) is 18.9 Å². The molecule has 1 aliphatic carbocycles. The summed E-state index contributed by atoms with van der Waals surface area (Å²) in [5.41, 5.74) is 2.03. The molecule has 2 atom stereocenters. The van der Waals surface area contributed by atoms with E-state index in [0.29, 0.717) is 5.82 Å². The molecule has 1 saturated carbocycles. The molecule has 5 nitrogen and oxygen atoms in total. The van der Waals surface area contributed by atoms with Gasteiger partial charge < -0.3 is 10.2 Å². The lowest BCUT2D eigenvalue weighted by Crippen LogP contribution is -2.36. The van der Waals surface area contributed by atoms with Crippen LogP contribution in [0.25, 0.3) is 0 Å². The highest BCUT2D eigenvalue weighted by Gasteiger charge is 2.45. The quantitative estimate of drug-likeness (QED) is 0.920. The van der Waals surface area contributed by atoms with E-state index in [1.165, 1.54) is 10.5 Å². The van der Waals surface area contributed by atoms with Crippen molar-refractivity contribution < 1.29 is 9.59 Å². The molecule has 1 heterocycles. The Morgan fingerprint density at radius 2 is 1.92 bits per heavy atom. The molecular weight excluding hydrogens is 302 g/mol. The molecule has 3 rings (SSSR count). The Morgan fingerprint density at radius 1 is 1.17 bits per heavy atom. The minimum Gasteiger partial charge on any atom is -0.336 e. The first-order valence-corrected chi connectivity index (χ1v) is 8.08. The van der Waals surface area contributed by atoms with Gasteiger partial charge in [-0.3, -0.25) is 9.59 Å². The first-order chi connectivity index (χ1) is 11.5. The second kappa shape index (κ2) is 6.83. The molecule has 0 bridgehead atoms. The van der Waals surface area contributed by atoms with E-state index < -0.39 is 0 Å². The molecule has 5 heteroatoms. The van der Waals surface area contributed by atoms with Crippen molar-refractivity contribution in [3.8, 4) is 0 Å². The Hall–Kier alpha value is -2.69. The second-order valence-corrected chi connectivity index (χ2v) is 6.27. The Bertz CT molecular complexity index is 745. The average Bonchev–Trinajstić information content (AvgIpc) is 3.35. The number of aryl methyl sites for hydroxylation is 1. The monoisotopic (exact) mass is 323 g/mol. The van der Waals surface area contributed by atoms with Gasteiger partial charge in [0.25, 0.3) is 0 Å². The van der Waals surface area contributed by atoms with Gasteiger partial charge in [-0.1, -0.05) is 36.4 Å². The predicted octanol–water partition coefficient (Wildman–Crippen LogP) is 2.59. The highest BCUT2D eigenvalue weighted by atomic mass is 16.2. The summed E-state index contributed by atoms with van der Waals surface area (Å²) in [6, 6.07) is 15.5. The molecule has 0 saturated heterocycles. The van der Waals surface area contributed by atoms with E-state index in [1.807, 2.05) is 49.4 Å². The number of amides is 2. The Morgan fingerprint density at radius 3 is 2.62 bits per heavy atom. The van der Waals surface area contributed by atoms with Crippen molar-refractivity contribution in [2.24, 2.45) is 5.92 Å². The van der Waals surface area contributed by atoms with Crippen molar-refractivity contribution in [3.05, 3.63) is 59.8 Å². The summed E-state index contributed by atoms with van der Waals surface area (Å²) in [6.07, 6.45) is 0.855. The van der Waals surface area contributed by atoms with Gasteiger partial charge in [-0.05, 0) is 37.0 Å². The number of aromatic nitrogens is 1. The number of likely N-dealkylation sites (N-methyl/N-ethyl adjacent to an activating group) is 1. The van der Waals surface area contributed by atoms with Crippen LogP contribution in [0.3, 0.4) is 0 Å². The fourth-order valence-corrected chi connectivity index (χ4v) is 2.91. The van der Waals surface area contributed by atoms with Gasteiger partial charge in [-0.2, -0.15) is 0 Å². The van der Waals surface area contributed by atoms with Gasteiger partial charge in [0, 0.05) is 18.7 Å². The minimum absolute atomic E-state index is 0.0118. The van der Waals surface area contributed by atoms with Crippen LogP contribution in [0.4, 0.5) is 5.82 Å². The number of pyridine rings is 1. The first kappa shape index (κ1) is 16.2. The van der Waals surface area contributed by atoms with E-state index in [0.717, 1.165) is 12.1 Å². The standard InChI is InChI=1S/C19H21N3O2/c1-13-7-6-10-17(20-13)21-18(23)12-22(2)19(24)16-11-15(16)14-8-4-3-5-9-14/h3-10,15-16H,11-12H2,1-2H3,(H,20,21,23)/t15-,16+/m1/s1. The number of carbonyl (C=O) groups is 2. The van der Waals surface area contributed by atoms with Crippen molar-refractivity contribution in [1.82, 2.24) is 9.88 Å². The lowest BCUT2D eigenvalue weighted by atomic mass is 10.1.